The monoisotopic (exact) mass is 485 g/mol. The second kappa shape index (κ2) is 9.73. The van der Waals surface area contributed by atoms with Crippen molar-refractivity contribution >= 4 is 23.4 Å². The van der Waals surface area contributed by atoms with Gasteiger partial charge in [-0.25, -0.2) is 0 Å². The first-order chi connectivity index (χ1) is 17.5. The van der Waals surface area contributed by atoms with Crippen molar-refractivity contribution in [2.45, 2.75) is 19.0 Å². The lowest BCUT2D eigenvalue weighted by Crippen LogP contribution is -2.49. The molecule has 1 N–H and O–H groups in total. The molecule has 0 unspecified atom stereocenters. The largest absolute Gasteiger partial charge is 0.493 e. The predicted octanol–water partition coefficient (Wildman–Crippen LogP) is 3.57. The van der Waals surface area contributed by atoms with Crippen LogP contribution in [0.1, 0.15) is 44.4 Å². The molecule has 184 valence electrons. The number of amides is 3. The summed E-state index contributed by atoms with van der Waals surface area (Å²) < 4.78 is 10.6. The average Bonchev–Trinajstić information content (AvgIpc) is 3.21. The molecule has 0 fully saturated rings. The van der Waals surface area contributed by atoms with Gasteiger partial charge in [-0.2, -0.15) is 0 Å². The number of hydrogen-bond acceptors (Lipinski definition) is 5. The summed E-state index contributed by atoms with van der Waals surface area (Å²) in [6.07, 6.45) is 0.191. The van der Waals surface area contributed by atoms with Crippen LogP contribution in [0.4, 0.5) is 5.69 Å². The van der Waals surface area contributed by atoms with Crippen LogP contribution in [0, 0.1) is 0 Å². The van der Waals surface area contributed by atoms with E-state index in [1.54, 1.807) is 48.3 Å². The van der Waals surface area contributed by atoms with Crippen molar-refractivity contribution in [2.24, 2.45) is 0 Å². The smallest absolute Gasteiger partial charge is 0.260 e. The molecule has 0 spiro atoms. The molecule has 0 radical (unpaired) electrons. The van der Waals surface area contributed by atoms with Crippen LogP contribution in [-0.2, 0) is 11.2 Å². The van der Waals surface area contributed by atoms with Gasteiger partial charge in [0.2, 0.25) is 5.91 Å². The van der Waals surface area contributed by atoms with E-state index in [4.69, 9.17) is 9.47 Å². The van der Waals surface area contributed by atoms with Gasteiger partial charge < -0.3 is 19.7 Å². The standard InChI is InChI=1S/C28H27N3O5/c1-35-23-12-11-18(17-24(23)36-2)13-15-29-25(32)14-16-30-26-19-7-3-4-8-20(19)28(34)31(26)22-10-6-5-9-21(22)27(30)33/h3-12,17,26H,13-16H2,1-2H3,(H,29,32)/t26-/m0/s1. The lowest BCUT2D eigenvalue weighted by molar-refractivity contribution is -0.121. The van der Waals surface area contributed by atoms with Crippen LogP contribution in [0.3, 0.4) is 0 Å². The summed E-state index contributed by atoms with van der Waals surface area (Å²) in [4.78, 5) is 42.6. The highest BCUT2D eigenvalue weighted by Crippen LogP contribution is 2.45. The van der Waals surface area contributed by atoms with Gasteiger partial charge in [0, 0.05) is 30.6 Å². The summed E-state index contributed by atoms with van der Waals surface area (Å²) in [5.74, 6) is 0.806. The van der Waals surface area contributed by atoms with E-state index in [0.717, 1.165) is 11.1 Å². The topological polar surface area (TPSA) is 88.2 Å². The summed E-state index contributed by atoms with van der Waals surface area (Å²) in [6, 6.07) is 20.1. The molecular weight excluding hydrogens is 458 g/mol. The molecule has 2 aliphatic heterocycles. The molecule has 0 aliphatic carbocycles. The number of carbonyl (C=O) groups is 3. The van der Waals surface area contributed by atoms with Crippen molar-refractivity contribution < 1.29 is 23.9 Å². The number of anilines is 1. The number of carbonyl (C=O) groups excluding carboxylic acids is 3. The molecule has 3 aromatic rings. The number of benzene rings is 3. The molecule has 0 bridgehead atoms. The molecule has 0 saturated carbocycles. The van der Waals surface area contributed by atoms with Crippen molar-refractivity contribution in [2.75, 3.05) is 32.2 Å². The van der Waals surface area contributed by atoms with E-state index in [9.17, 15) is 14.4 Å². The van der Waals surface area contributed by atoms with Crippen LogP contribution >= 0.6 is 0 Å². The molecule has 2 aliphatic rings. The van der Waals surface area contributed by atoms with Crippen LogP contribution < -0.4 is 19.7 Å². The Morgan fingerprint density at radius 2 is 1.61 bits per heavy atom. The molecule has 8 nitrogen and oxygen atoms in total. The van der Waals surface area contributed by atoms with Gasteiger partial charge in [-0.05, 0) is 42.3 Å². The van der Waals surface area contributed by atoms with Gasteiger partial charge in [-0.15, -0.1) is 0 Å². The summed E-state index contributed by atoms with van der Waals surface area (Å²) in [5.41, 5.74) is 3.43. The van der Waals surface area contributed by atoms with Crippen LogP contribution in [0.2, 0.25) is 0 Å². The van der Waals surface area contributed by atoms with Gasteiger partial charge in [0.05, 0.1) is 25.5 Å². The fraction of sp³-hybridized carbons (Fsp3) is 0.250. The summed E-state index contributed by atoms with van der Waals surface area (Å²) >= 11 is 0. The van der Waals surface area contributed by atoms with Gasteiger partial charge >= 0.3 is 0 Å². The van der Waals surface area contributed by atoms with Gasteiger partial charge in [-0.1, -0.05) is 36.4 Å². The maximum Gasteiger partial charge on any atom is 0.260 e. The van der Waals surface area contributed by atoms with Gasteiger partial charge in [0.1, 0.15) is 6.17 Å². The molecular formula is C28H27N3O5. The van der Waals surface area contributed by atoms with Crippen molar-refractivity contribution in [1.29, 1.82) is 0 Å². The number of methoxy groups -OCH3 is 2. The molecule has 5 rings (SSSR count). The molecule has 3 amide bonds. The molecule has 3 aromatic carbocycles. The zero-order chi connectivity index (χ0) is 25.2. The van der Waals surface area contributed by atoms with Crippen molar-refractivity contribution in [1.82, 2.24) is 10.2 Å². The molecule has 0 aromatic heterocycles. The van der Waals surface area contributed by atoms with Gasteiger partial charge in [0.15, 0.2) is 11.5 Å². The third kappa shape index (κ3) is 4.04. The average molecular weight is 486 g/mol. The zero-order valence-electron chi connectivity index (χ0n) is 20.2. The fourth-order valence-electron chi connectivity index (χ4n) is 4.89. The van der Waals surface area contributed by atoms with E-state index < -0.39 is 6.17 Å². The lowest BCUT2D eigenvalue weighted by Gasteiger charge is -2.40. The van der Waals surface area contributed by atoms with Crippen molar-refractivity contribution in [3.63, 3.8) is 0 Å². The molecule has 2 heterocycles. The summed E-state index contributed by atoms with van der Waals surface area (Å²) in [5, 5.41) is 2.93. The van der Waals surface area contributed by atoms with E-state index in [2.05, 4.69) is 5.32 Å². The Bertz CT molecular complexity index is 1340. The Balaban J connectivity index is 1.27. The van der Waals surface area contributed by atoms with Crippen molar-refractivity contribution in [3.05, 3.63) is 89.0 Å². The van der Waals surface area contributed by atoms with Gasteiger partial charge in [-0.3, -0.25) is 19.3 Å². The Labute approximate surface area is 209 Å². The van der Waals surface area contributed by atoms with E-state index in [0.29, 0.717) is 41.3 Å². The Morgan fingerprint density at radius 1 is 0.889 bits per heavy atom. The Hall–Kier alpha value is -4.33. The summed E-state index contributed by atoms with van der Waals surface area (Å²) in [6.45, 7) is 0.639. The second-order valence-corrected chi connectivity index (χ2v) is 8.69. The highest BCUT2D eigenvalue weighted by Gasteiger charge is 2.47. The van der Waals surface area contributed by atoms with E-state index in [1.807, 2.05) is 42.5 Å². The number of para-hydroxylation sites is 1. The Morgan fingerprint density at radius 3 is 2.39 bits per heavy atom. The Kier molecular flexibility index (Phi) is 6.33. The highest BCUT2D eigenvalue weighted by molar-refractivity contribution is 6.16. The predicted molar refractivity (Wildman–Crippen MR) is 134 cm³/mol. The molecule has 0 saturated heterocycles. The second-order valence-electron chi connectivity index (χ2n) is 8.69. The molecule has 1 atom stereocenters. The number of nitrogens with zero attached hydrogens (tertiary/aromatic N) is 2. The third-order valence-corrected chi connectivity index (χ3v) is 6.65. The van der Waals surface area contributed by atoms with E-state index >= 15 is 0 Å². The minimum atomic E-state index is -0.560. The maximum absolute atomic E-state index is 13.4. The third-order valence-electron chi connectivity index (χ3n) is 6.65. The molecule has 36 heavy (non-hydrogen) atoms. The van der Waals surface area contributed by atoms with E-state index in [1.165, 1.54) is 0 Å². The first kappa shape index (κ1) is 23.4. The van der Waals surface area contributed by atoms with Crippen LogP contribution in [0.25, 0.3) is 0 Å². The maximum atomic E-state index is 13.4. The number of nitrogens with one attached hydrogen (secondary N) is 1. The van der Waals surface area contributed by atoms with Crippen LogP contribution in [-0.4, -0.2) is 49.9 Å². The lowest BCUT2D eigenvalue weighted by atomic mass is 10.0. The first-order valence-corrected chi connectivity index (χ1v) is 11.8. The van der Waals surface area contributed by atoms with Crippen molar-refractivity contribution in [3.8, 4) is 11.5 Å². The highest BCUT2D eigenvalue weighted by atomic mass is 16.5. The fourth-order valence-corrected chi connectivity index (χ4v) is 4.89. The SMILES string of the molecule is COc1ccc(CCNC(=O)CCN2C(=O)c3ccccc3N3C(=O)c4ccccc4[C@@H]23)cc1OC. The minimum Gasteiger partial charge on any atom is -0.493 e. The van der Waals surface area contributed by atoms with Crippen LogP contribution in [0.5, 0.6) is 11.5 Å². The molecule has 8 heteroatoms. The number of ether oxygens (including phenoxy) is 2. The number of hydrogen-bond donors (Lipinski definition) is 1. The van der Waals surface area contributed by atoms with E-state index in [-0.39, 0.29) is 30.7 Å². The number of fused-ring (bicyclic) bond motifs is 5. The quantitative estimate of drug-likeness (QED) is 0.527. The van der Waals surface area contributed by atoms with Crippen LogP contribution in [0.15, 0.2) is 66.7 Å². The number of rotatable bonds is 8. The first-order valence-electron chi connectivity index (χ1n) is 11.8. The zero-order valence-corrected chi connectivity index (χ0v) is 20.2. The van der Waals surface area contributed by atoms with Gasteiger partial charge in [0.25, 0.3) is 11.8 Å². The minimum absolute atomic E-state index is 0.126. The normalized spacial score (nSPS) is 15.8. The summed E-state index contributed by atoms with van der Waals surface area (Å²) in [7, 11) is 3.17.